The standard InChI is InChI=1S/C22H27ClN4O4/c1-30-22(29)16-8-12-27(13-9-16)21(28)15-6-10-26(11-7-15)14-19-24-20(25-31-19)17-4-2-3-5-18(17)23/h2-5,15-16H,6-14H2,1H3. The lowest BCUT2D eigenvalue weighted by Gasteiger charge is -2.36. The van der Waals surface area contributed by atoms with E-state index in [0.717, 1.165) is 31.5 Å². The zero-order chi connectivity index (χ0) is 21.8. The molecule has 0 saturated carbocycles. The lowest BCUT2D eigenvalue weighted by atomic mass is 9.92. The summed E-state index contributed by atoms with van der Waals surface area (Å²) in [6, 6.07) is 7.41. The van der Waals surface area contributed by atoms with Crippen molar-refractivity contribution in [3.63, 3.8) is 0 Å². The highest BCUT2D eigenvalue weighted by atomic mass is 35.5. The minimum Gasteiger partial charge on any atom is -0.469 e. The SMILES string of the molecule is COC(=O)C1CCN(C(=O)C2CCN(Cc3nc(-c4ccccc4Cl)no3)CC2)CC1. The van der Waals surface area contributed by atoms with E-state index in [4.69, 9.17) is 20.9 Å². The lowest BCUT2D eigenvalue weighted by molar-refractivity contribution is -0.150. The first-order valence-corrected chi connectivity index (χ1v) is 11.1. The zero-order valence-electron chi connectivity index (χ0n) is 17.6. The monoisotopic (exact) mass is 446 g/mol. The molecule has 2 saturated heterocycles. The summed E-state index contributed by atoms with van der Waals surface area (Å²) >= 11 is 6.21. The Labute approximate surface area is 186 Å². The molecule has 1 aromatic carbocycles. The van der Waals surface area contributed by atoms with E-state index < -0.39 is 0 Å². The van der Waals surface area contributed by atoms with Crippen LogP contribution in [-0.4, -0.2) is 65.1 Å². The Morgan fingerprint density at radius 2 is 1.77 bits per heavy atom. The van der Waals surface area contributed by atoms with Crippen molar-refractivity contribution in [1.29, 1.82) is 0 Å². The van der Waals surface area contributed by atoms with Crippen molar-refractivity contribution in [2.75, 3.05) is 33.3 Å². The van der Waals surface area contributed by atoms with Crippen LogP contribution in [0.3, 0.4) is 0 Å². The lowest BCUT2D eigenvalue weighted by Crippen LogP contribution is -2.46. The number of halogens is 1. The van der Waals surface area contributed by atoms with E-state index in [1.165, 1.54) is 7.11 Å². The Morgan fingerprint density at radius 3 is 2.45 bits per heavy atom. The Balaban J connectivity index is 1.25. The van der Waals surface area contributed by atoms with Crippen molar-refractivity contribution in [2.45, 2.75) is 32.2 Å². The molecule has 2 aliphatic rings. The van der Waals surface area contributed by atoms with Crippen LogP contribution in [0.1, 0.15) is 31.6 Å². The molecule has 2 aromatic rings. The topological polar surface area (TPSA) is 88.8 Å². The fourth-order valence-electron chi connectivity index (χ4n) is 4.36. The van der Waals surface area contributed by atoms with Gasteiger partial charge in [0.25, 0.3) is 0 Å². The molecule has 9 heteroatoms. The summed E-state index contributed by atoms with van der Waals surface area (Å²) in [5.41, 5.74) is 0.749. The van der Waals surface area contributed by atoms with E-state index in [1.807, 2.05) is 23.1 Å². The molecule has 0 unspecified atom stereocenters. The molecule has 1 amide bonds. The Hall–Kier alpha value is -2.45. The number of carbonyl (C=O) groups is 2. The summed E-state index contributed by atoms with van der Waals surface area (Å²) in [7, 11) is 1.42. The van der Waals surface area contributed by atoms with Crippen LogP contribution < -0.4 is 0 Å². The van der Waals surface area contributed by atoms with Crippen molar-refractivity contribution in [1.82, 2.24) is 19.9 Å². The van der Waals surface area contributed by atoms with Gasteiger partial charge in [0.2, 0.25) is 17.6 Å². The number of aromatic nitrogens is 2. The number of carbonyl (C=O) groups excluding carboxylic acids is 2. The van der Waals surface area contributed by atoms with Crippen LogP contribution in [-0.2, 0) is 20.9 Å². The summed E-state index contributed by atoms with van der Waals surface area (Å²) in [4.78, 5) is 33.2. The number of hydrogen-bond acceptors (Lipinski definition) is 7. The number of likely N-dealkylation sites (tertiary alicyclic amines) is 2. The van der Waals surface area contributed by atoms with E-state index in [0.29, 0.717) is 49.2 Å². The molecule has 1 aromatic heterocycles. The fourth-order valence-corrected chi connectivity index (χ4v) is 4.58. The van der Waals surface area contributed by atoms with Gasteiger partial charge in [-0.15, -0.1) is 0 Å². The number of esters is 1. The molecular formula is C22H27ClN4O4. The summed E-state index contributed by atoms with van der Waals surface area (Å²) in [5, 5.41) is 4.64. The number of benzene rings is 1. The molecule has 0 aliphatic carbocycles. The smallest absolute Gasteiger partial charge is 0.308 e. The predicted octanol–water partition coefficient (Wildman–Crippen LogP) is 3.01. The van der Waals surface area contributed by atoms with Gasteiger partial charge >= 0.3 is 5.97 Å². The predicted molar refractivity (Wildman–Crippen MR) is 114 cm³/mol. The third kappa shape index (κ3) is 5.07. The van der Waals surface area contributed by atoms with Gasteiger partial charge < -0.3 is 14.2 Å². The first kappa shape index (κ1) is 21.8. The van der Waals surface area contributed by atoms with Gasteiger partial charge in [-0.25, -0.2) is 0 Å². The summed E-state index contributed by atoms with van der Waals surface area (Å²) in [6.07, 6.45) is 2.98. The molecule has 0 bridgehead atoms. The number of ether oxygens (including phenoxy) is 1. The minimum atomic E-state index is -0.167. The van der Waals surface area contributed by atoms with Gasteiger partial charge in [-0.1, -0.05) is 28.9 Å². The molecule has 0 atom stereocenters. The number of methoxy groups -OCH3 is 1. The summed E-state index contributed by atoms with van der Waals surface area (Å²) in [5.74, 6) is 1.03. The maximum Gasteiger partial charge on any atom is 0.308 e. The van der Waals surface area contributed by atoms with Crippen LogP contribution in [0.4, 0.5) is 0 Å². The average Bonchev–Trinajstić information content (AvgIpc) is 3.27. The number of amides is 1. The second kappa shape index (κ2) is 9.78. The molecule has 3 heterocycles. The molecule has 2 fully saturated rings. The molecule has 0 N–H and O–H groups in total. The van der Waals surface area contributed by atoms with Gasteiger partial charge in [0, 0.05) is 24.6 Å². The Morgan fingerprint density at radius 1 is 1.10 bits per heavy atom. The third-order valence-electron chi connectivity index (χ3n) is 6.22. The van der Waals surface area contributed by atoms with Crippen molar-refractivity contribution < 1.29 is 18.8 Å². The van der Waals surface area contributed by atoms with Crippen LogP contribution in [0.5, 0.6) is 0 Å². The molecule has 8 nitrogen and oxygen atoms in total. The largest absolute Gasteiger partial charge is 0.469 e. The molecule has 4 rings (SSSR count). The third-order valence-corrected chi connectivity index (χ3v) is 6.55. The maximum absolute atomic E-state index is 12.9. The average molecular weight is 447 g/mol. The first-order chi connectivity index (χ1) is 15.0. The summed E-state index contributed by atoms with van der Waals surface area (Å²) < 4.78 is 10.2. The number of nitrogens with zero attached hydrogens (tertiary/aromatic N) is 4. The van der Waals surface area contributed by atoms with Crippen LogP contribution in [0.25, 0.3) is 11.4 Å². The second-order valence-corrected chi connectivity index (χ2v) is 8.57. The van der Waals surface area contributed by atoms with Gasteiger partial charge in [0.15, 0.2) is 0 Å². The van der Waals surface area contributed by atoms with Gasteiger partial charge in [0.1, 0.15) is 0 Å². The van der Waals surface area contributed by atoms with E-state index in [1.54, 1.807) is 6.07 Å². The number of rotatable bonds is 5. The molecular weight excluding hydrogens is 420 g/mol. The van der Waals surface area contributed by atoms with Crippen LogP contribution in [0.15, 0.2) is 28.8 Å². The van der Waals surface area contributed by atoms with Crippen molar-refractivity contribution in [3.05, 3.63) is 35.2 Å². The molecule has 166 valence electrons. The highest BCUT2D eigenvalue weighted by molar-refractivity contribution is 6.33. The number of hydrogen-bond donors (Lipinski definition) is 0. The fraction of sp³-hybridized carbons (Fsp3) is 0.545. The minimum absolute atomic E-state index is 0.0345. The Kier molecular flexibility index (Phi) is 6.87. The van der Waals surface area contributed by atoms with Crippen LogP contribution in [0, 0.1) is 11.8 Å². The maximum atomic E-state index is 12.9. The van der Waals surface area contributed by atoms with Crippen molar-refractivity contribution in [3.8, 4) is 11.4 Å². The van der Waals surface area contributed by atoms with Gasteiger partial charge in [0.05, 0.1) is 24.6 Å². The first-order valence-electron chi connectivity index (χ1n) is 10.7. The van der Waals surface area contributed by atoms with Crippen LogP contribution >= 0.6 is 11.6 Å². The van der Waals surface area contributed by atoms with Gasteiger partial charge in [-0.05, 0) is 50.9 Å². The van der Waals surface area contributed by atoms with E-state index in [2.05, 4.69) is 15.0 Å². The van der Waals surface area contributed by atoms with Crippen molar-refractivity contribution >= 4 is 23.5 Å². The van der Waals surface area contributed by atoms with E-state index in [-0.39, 0.29) is 23.7 Å². The normalized spacial score (nSPS) is 18.8. The molecule has 2 aliphatic heterocycles. The molecule has 0 spiro atoms. The highest BCUT2D eigenvalue weighted by Crippen LogP contribution is 2.27. The summed E-state index contributed by atoms with van der Waals surface area (Å²) in [6.45, 7) is 3.43. The second-order valence-electron chi connectivity index (χ2n) is 8.16. The van der Waals surface area contributed by atoms with Crippen LogP contribution in [0.2, 0.25) is 5.02 Å². The molecule has 0 radical (unpaired) electrons. The van der Waals surface area contributed by atoms with E-state index >= 15 is 0 Å². The van der Waals surface area contributed by atoms with Gasteiger partial charge in [-0.3, -0.25) is 14.5 Å². The van der Waals surface area contributed by atoms with Crippen molar-refractivity contribution in [2.24, 2.45) is 11.8 Å². The van der Waals surface area contributed by atoms with E-state index in [9.17, 15) is 9.59 Å². The highest BCUT2D eigenvalue weighted by Gasteiger charge is 2.33. The zero-order valence-corrected chi connectivity index (χ0v) is 18.4. The Bertz CT molecular complexity index is 918. The quantitative estimate of drug-likeness (QED) is 0.652. The number of piperidine rings is 2. The molecule has 31 heavy (non-hydrogen) atoms. The van der Waals surface area contributed by atoms with Gasteiger partial charge in [-0.2, -0.15) is 4.98 Å².